The second-order valence-corrected chi connectivity index (χ2v) is 8.22. The predicted molar refractivity (Wildman–Crippen MR) is 129 cm³/mol. The van der Waals surface area contributed by atoms with Crippen LogP contribution in [0.1, 0.15) is 23.7 Å². The molecule has 0 aliphatic heterocycles. The van der Waals surface area contributed by atoms with Gasteiger partial charge in [-0.05, 0) is 43.7 Å². The summed E-state index contributed by atoms with van der Waals surface area (Å²) in [6.07, 6.45) is 6.16. The number of hydrogen-bond acceptors (Lipinski definition) is 7. The van der Waals surface area contributed by atoms with E-state index in [-0.39, 0.29) is 5.91 Å². The van der Waals surface area contributed by atoms with Gasteiger partial charge in [0.25, 0.3) is 5.91 Å². The fourth-order valence-electron chi connectivity index (χ4n) is 3.54. The Hall–Kier alpha value is -3.59. The molecule has 4 rings (SSSR count). The van der Waals surface area contributed by atoms with Crippen LogP contribution < -0.4 is 19.1 Å². The highest BCUT2D eigenvalue weighted by Crippen LogP contribution is 2.35. The predicted octanol–water partition coefficient (Wildman–Crippen LogP) is 4.65. The van der Waals surface area contributed by atoms with Gasteiger partial charge in [0, 0.05) is 31.0 Å². The number of methoxy groups -OCH3 is 2. The van der Waals surface area contributed by atoms with Crippen LogP contribution in [-0.2, 0) is 6.54 Å². The third-order valence-corrected chi connectivity index (χ3v) is 6.18. The third kappa shape index (κ3) is 4.93. The minimum absolute atomic E-state index is 0.154. The Morgan fingerprint density at radius 1 is 1.12 bits per heavy atom. The first-order valence-corrected chi connectivity index (χ1v) is 11.5. The number of para-hydroxylation sites is 1. The SMILES string of the molecule is CCOc1cccc2sc(N(CCCn3ccnc3)C(=O)c3ccc(OC)c(OC)c3)nc12. The fraction of sp³-hybridized carbons (Fsp3) is 0.292. The number of rotatable bonds is 10. The van der Waals surface area contributed by atoms with Crippen molar-refractivity contribution in [3.05, 3.63) is 60.7 Å². The first kappa shape index (κ1) is 22.6. The number of fused-ring (bicyclic) bond motifs is 1. The lowest BCUT2D eigenvalue weighted by Crippen LogP contribution is -2.32. The summed E-state index contributed by atoms with van der Waals surface area (Å²) in [7, 11) is 3.12. The minimum Gasteiger partial charge on any atom is -0.493 e. The van der Waals surface area contributed by atoms with Gasteiger partial charge in [0.15, 0.2) is 16.6 Å². The third-order valence-electron chi connectivity index (χ3n) is 5.13. The number of anilines is 1. The van der Waals surface area contributed by atoms with Gasteiger partial charge in [0.1, 0.15) is 11.3 Å². The van der Waals surface area contributed by atoms with Crippen molar-refractivity contribution in [2.24, 2.45) is 0 Å². The van der Waals surface area contributed by atoms with Crippen LogP contribution in [0.15, 0.2) is 55.1 Å². The Bertz CT molecular complexity index is 1220. The zero-order chi connectivity index (χ0) is 23.2. The molecule has 1 amide bonds. The number of thiazole rings is 1. The van der Waals surface area contributed by atoms with Crippen molar-refractivity contribution in [3.63, 3.8) is 0 Å². The van der Waals surface area contributed by atoms with Crippen molar-refractivity contribution in [1.29, 1.82) is 0 Å². The van der Waals surface area contributed by atoms with Crippen molar-refractivity contribution in [3.8, 4) is 17.2 Å². The molecule has 0 atom stereocenters. The molecular formula is C24H26N4O4S. The maximum atomic E-state index is 13.6. The number of nitrogens with zero attached hydrogens (tertiary/aromatic N) is 4. The van der Waals surface area contributed by atoms with Gasteiger partial charge in [0.05, 0.1) is 31.9 Å². The second-order valence-electron chi connectivity index (χ2n) is 7.21. The van der Waals surface area contributed by atoms with E-state index in [9.17, 15) is 4.79 Å². The second kappa shape index (κ2) is 10.4. The van der Waals surface area contributed by atoms with Crippen molar-refractivity contribution >= 4 is 32.6 Å². The molecule has 2 aromatic carbocycles. The first-order valence-electron chi connectivity index (χ1n) is 10.7. The summed E-state index contributed by atoms with van der Waals surface area (Å²) in [6, 6.07) is 11.0. The lowest BCUT2D eigenvalue weighted by atomic mass is 10.1. The van der Waals surface area contributed by atoms with Crippen LogP contribution in [0.3, 0.4) is 0 Å². The first-order chi connectivity index (χ1) is 16.1. The van der Waals surface area contributed by atoms with E-state index >= 15 is 0 Å². The molecular weight excluding hydrogens is 440 g/mol. The van der Waals surface area contributed by atoms with Crippen molar-refractivity contribution in [2.45, 2.75) is 19.9 Å². The van der Waals surface area contributed by atoms with E-state index in [1.807, 2.05) is 35.9 Å². The molecule has 0 saturated carbocycles. The van der Waals surface area contributed by atoms with Gasteiger partial charge in [-0.25, -0.2) is 9.97 Å². The zero-order valence-electron chi connectivity index (χ0n) is 18.9. The summed E-state index contributed by atoms with van der Waals surface area (Å²) in [5, 5.41) is 0.627. The number of hydrogen-bond donors (Lipinski definition) is 0. The fourth-order valence-corrected chi connectivity index (χ4v) is 4.55. The lowest BCUT2D eigenvalue weighted by Gasteiger charge is -2.20. The lowest BCUT2D eigenvalue weighted by molar-refractivity contribution is 0.0986. The maximum Gasteiger partial charge on any atom is 0.260 e. The van der Waals surface area contributed by atoms with E-state index < -0.39 is 0 Å². The van der Waals surface area contributed by atoms with Gasteiger partial charge in [-0.3, -0.25) is 9.69 Å². The number of benzene rings is 2. The average Bonchev–Trinajstić information content (AvgIpc) is 3.51. The molecule has 8 nitrogen and oxygen atoms in total. The molecule has 33 heavy (non-hydrogen) atoms. The van der Waals surface area contributed by atoms with Crippen LogP contribution in [0.5, 0.6) is 17.2 Å². The van der Waals surface area contributed by atoms with Crippen LogP contribution >= 0.6 is 11.3 Å². The summed E-state index contributed by atoms with van der Waals surface area (Å²) in [4.78, 5) is 24.2. The Morgan fingerprint density at radius 2 is 1.97 bits per heavy atom. The van der Waals surface area contributed by atoms with E-state index in [0.29, 0.717) is 35.3 Å². The largest absolute Gasteiger partial charge is 0.493 e. The van der Waals surface area contributed by atoms with Crippen LogP contribution in [0.4, 0.5) is 5.13 Å². The molecule has 9 heteroatoms. The Morgan fingerprint density at radius 3 is 2.70 bits per heavy atom. The summed E-state index contributed by atoms with van der Waals surface area (Å²) >= 11 is 1.47. The van der Waals surface area contributed by atoms with Gasteiger partial charge in [0.2, 0.25) is 0 Å². The molecule has 0 unspecified atom stereocenters. The summed E-state index contributed by atoms with van der Waals surface area (Å²) in [5.74, 6) is 1.64. The summed E-state index contributed by atoms with van der Waals surface area (Å²) < 4.78 is 19.4. The molecule has 2 aromatic heterocycles. The van der Waals surface area contributed by atoms with E-state index in [1.54, 1.807) is 49.8 Å². The molecule has 0 aliphatic rings. The van der Waals surface area contributed by atoms with Crippen LogP contribution in [0.2, 0.25) is 0 Å². The number of ether oxygens (including phenoxy) is 3. The molecule has 4 aromatic rings. The number of amides is 1. The van der Waals surface area contributed by atoms with Crippen molar-refractivity contribution < 1.29 is 19.0 Å². The van der Waals surface area contributed by atoms with E-state index in [0.717, 1.165) is 28.9 Å². The Labute approximate surface area is 196 Å². The highest BCUT2D eigenvalue weighted by molar-refractivity contribution is 7.22. The van der Waals surface area contributed by atoms with Gasteiger partial charge in [-0.1, -0.05) is 17.4 Å². The number of carbonyl (C=O) groups is 1. The topological polar surface area (TPSA) is 78.7 Å². The molecule has 0 aliphatic carbocycles. The van der Waals surface area contributed by atoms with E-state index in [1.165, 1.54) is 11.3 Å². The molecule has 2 heterocycles. The van der Waals surface area contributed by atoms with Gasteiger partial charge >= 0.3 is 0 Å². The Balaban J connectivity index is 1.68. The van der Waals surface area contributed by atoms with Gasteiger partial charge in [-0.15, -0.1) is 0 Å². The molecule has 0 spiro atoms. The number of imidazole rings is 1. The molecule has 0 N–H and O–H groups in total. The molecule has 0 radical (unpaired) electrons. The summed E-state index contributed by atoms with van der Waals surface area (Å²) in [6.45, 7) is 3.72. The Kier molecular flexibility index (Phi) is 7.09. The normalized spacial score (nSPS) is 10.9. The summed E-state index contributed by atoms with van der Waals surface area (Å²) in [5.41, 5.74) is 1.26. The van der Waals surface area contributed by atoms with Crippen LogP contribution in [0.25, 0.3) is 10.2 Å². The average molecular weight is 467 g/mol. The van der Waals surface area contributed by atoms with Crippen LogP contribution in [0, 0.1) is 0 Å². The number of aryl methyl sites for hydroxylation is 1. The van der Waals surface area contributed by atoms with E-state index in [2.05, 4.69) is 4.98 Å². The van der Waals surface area contributed by atoms with E-state index in [4.69, 9.17) is 19.2 Å². The number of carbonyl (C=O) groups excluding carboxylic acids is 1. The van der Waals surface area contributed by atoms with Gasteiger partial charge in [-0.2, -0.15) is 0 Å². The molecule has 172 valence electrons. The standard InChI is InChI=1S/C24H26N4O4S/c1-4-32-19-7-5-8-21-22(19)26-24(33-21)28(13-6-12-27-14-11-25-16-27)23(29)17-9-10-18(30-2)20(15-17)31-3/h5,7-11,14-16H,4,6,12-13H2,1-3H3. The molecule has 0 bridgehead atoms. The van der Waals surface area contributed by atoms with Crippen molar-refractivity contribution in [1.82, 2.24) is 14.5 Å². The smallest absolute Gasteiger partial charge is 0.260 e. The number of aromatic nitrogens is 3. The van der Waals surface area contributed by atoms with Gasteiger partial charge < -0.3 is 18.8 Å². The monoisotopic (exact) mass is 466 g/mol. The minimum atomic E-state index is -0.154. The molecule has 0 saturated heterocycles. The zero-order valence-corrected chi connectivity index (χ0v) is 19.7. The van der Waals surface area contributed by atoms with Crippen molar-refractivity contribution in [2.75, 3.05) is 32.3 Å². The quantitative estimate of drug-likeness (QED) is 0.339. The highest BCUT2D eigenvalue weighted by Gasteiger charge is 2.23. The maximum absolute atomic E-state index is 13.6. The molecule has 0 fully saturated rings. The highest BCUT2D eigenvalue weighted by atomic mass is 32.1. The van der Waals surface area contributed by atoms with Crippen LogP contribution in [-0.4, -0.2) is 47.8 Å².